The Morgan fingerprint density at radius 3 is 2.96 bits per heavy atom. The summed E-state index contributed by atoms with van der Waals surface area (Å²) in [4.78, 5) is 14.7. The number of amides is 1. The second-order valence-electron chi connectivity index (χ2n) is 6.54. The van der Waals surface area contributed by atoms with Crippen LogP contribution in [0.25, 0.3) is 0 Å². The van der Waals surface area contributed by atoms with Crippen LogP contribution in [0.5, 0.6) is 0 Å². The van der Waals surface area contributed by atoms with Crippen LogP contribution in [-0.4, -0.2) is 28.3 Å². The highest BCUT2D eigenvalue weighted by atomic mass is 32.2. The van der Waals surface area contributed by atoms with Gasteiger partial charge in [-0.2, -0.15) is 0 Å². The zero-order chi connectivity index (χ0) is 17.1. The van der Waals surface area contributed by atoms with Gasteiger partial charge in [-0.1, -0.05) is 12.1 Å². The van der Waals surface area contributed by atoms with Crippen molar-refractivity contribution in [1.29, 1.82) is 0 Å². The predicted octanol–water partition coefficient (Wildman–Crippen LogP) is 4.12. The topological polar surface area (TPSA) is 59.5 Å². The number of carbonyl (C=O) groups is 1. The molecule has 1 aliphatic rings. The van der Waals surface area contributed by atoms with Crippen molar-refractivity contribution in [3.63, 3.8) is 0 Å². The van der Waals surface area contributed by atoms with Gasteiger partial charge in [0.25, 0.3) is 0 Å². The molecule has 0 aromatic carbocycles. The molecule has 0 aliphatic carbocycles. The van der Waals surface area contributed by atoms with Gasteiger partial charge in [-0.15, -0.1) is 11.8 Å². The fourth-order valence-corrected chi connectivity index (χ4v) is 4.28. The first kappa shape index (κ1) is 17.1. The minimum Gasteiger partial charge on any atom is -0.467 e. The zero-order valence-corrected chi connectivity index (χ0v) is 15.3. The number of nitrogens with zero attached hydrogens (tertiary/aromatic N) is 2. The lowest BCUT2D eigenvalue weighted by molar-refractivity contribution is -0.133. The maximum absolute atomic E-state index is 12.7. The highest BCUT2D eigenvalue weighted by Crippen LogP contribution is 2.34. The van der Waals surface area contributed by atoms with Crippen molar-refractivity contribution in [1.82, 2.24) is 10.1 Å². The van der Waals surface area contributed by atoms with E-state index in [9.17, 15) is 4.79 Å². The summed E-state index contributed by atoms with van der Waals surface area (Å²) in [6.45, 7) is 6.89. The fraction of sp³-hybridized carbons (Fsp3) is 0.556. The van der Waals surface area contributed by atoms with Gasteiger partial charge in [-0.05, 0) is 44.7 Å². The number of likely N-dealkylation sites (tertiary alicyclic amines) is 1. The molecule has 0 saturated carbocycles. The lowest BCUT2D eigenvalue weighted by Gasteiger charge is -2.37. The van der Waals surface area contributed by atoms with E-state index in [1.54, 1.807) is 18.0 Å². The molecule has 0 bridgehead atoms. The van der Waals surface area contributed by atoms with E-state index in [1.165, 1.54) is 0 Å². The molecule has 0 spiro atoms. The number of carbonyl (C=O) groups excluding carboxylic acids is 1. The minimum absolute atomic E-state index is 0.0657. The molecule has 6 heteroatoms. The van der Waals surface area contributed by atoms with Gasteiger partial charge in [-0.3, -0.25) is 4.79 Å². The van der Waals surface area contributed by atoms with E-state index in [1.807, 2.05) is 30.9 Å². The number of furan rings is 1. The number of rotatable bonds is 5. The first-order chi connectivity index (χ1) is 11.6. The van der Waals surface area contributed by atoms with Crippen molar-refractivity contribution in [3.05, 3.63) is 41.2 Å². The van der Waals surface area contributed by atoms with E-state index in [2.05, 4.69) is 12.1 Å². The Morgan fingerprint density at radius 2 is 2.29 bits per heavy atom. The van der Waals surface area contributed by atoms with Gasteiger partial charge in [0.05, 0.1) is 23.8 Å². The Balaban J connectivity index is 1.60. The number of hydrogen-bond donors (Lipinski definition) is 0. The second kappa shape index (κ2) is 7.47. The van der Waals surface area contributed by atoms with Crippen molar-refractivity contribution in [3.8, 4) is 0 Å². The molecule has 1 aliphatic heterocycles. The van der Waals surface area contributed by atoms with Gasteiger partial charge >= 0.3 is 0 Å². The first-order valence-corrected chi connectivity index (χ1v) is 9.54. The van der Waals surface area contributed by atoms with Crippen molar-refractivity contribution in [2.24, 2.45) is 5.92 Å². The third-order valence-electron chi connectivity index (χ3n) is 4.71. The van der Waals surface area contributed by atoms with E-state index in [-0.39, 0.29) is 11.9 Å². The summed E-state index contributed by atoms with van der Waals surface area (Å²) in [6.07, 6.45) is 3.70. The highest BCUT2D eigenvalue weighted by Gasteiger charge is 2.32. The van der Waals surface area contributed by atoms with E-state index < -0.39 is 0 Å². The minimum atomic E-state index is 0.0657. The largest absolute Gasteiger partial charge is 0.467 e. The smallest absolute Gasteiger partial charge is 0.233 e. The summed E-state index contributed by atoms with van der Waals surface area (Å²) in [5, 5.41) is 3.96. The van der Waals surface area contributed by atoms with Gasteiger partial charge in [0.2, 0.25) is 5.91 Å². The number of aromatic nitrogens is 1. The second-order valence-corrected chi connectivity index (χ2v) is 7.53. The monoisotopic (exact) mass is 348 g/mol. The SMILES string of the molecule is Cc1noc(C)c1CSCC(=O)N1CC[C@@H](C)C[C@@H]1c1ccco1. The Morgan fingerprint density at radius 1 is 1.46 bits per heavy atom. The third-order valence-corrected chi connectivity index (χ3v) is 5.65. The van der Waals surface area contributed by atoms with E-state index in [4.69, 9.17) is 8.94 Å². The predicted molar refractivity (Wildman–Crippen MR) is 93.7 cm³/mol. The van der Waals surface area contributed by atoms with E-state index in [0.717, 1.165) is 47.9 Å². The van der Waals surface area contributed by atoms with Crippen LogP contribution in [0.2, 0.25) is 0 Å². The van der Waals surface area contributed by atoms with Gasteiger partial charge < -0.3 is 13.8 Å². The van der Waals surface area contributed by atoms with Gasteiger partial charge in [0, 0.05) is 17.9 Å². The molecule has 0 radical (unpaired) electrons. The van der Waals surface area contributed by atoms with Gasteiger partial charge in [0.15, 0.2) is 0 Å². The molecule has 2 aromatic heterocycles. The standard InChI is InChI=1S/C18H24N2O3S/c1-12-6-7-20(16(9-12)17-5-4-8-22-17)18(21)11-24-10-15-13(2)19-23-14(15)3/h4-5,8,12,16H,6-7,9-11H2,1-3H3/t12-,16-/m1/s1. The molecule has 0 unspecified atom stereocenters. The summed E-state index contributed by atoms with van der Waals surface area (Å²) in [5.74, 6) is 3.75. The molecule has 1 amide bonds. The van der Waals surface area contributed by atoms with Gasteiger partial charge in [-0.25, -0.2) is 0 Å². The number of hydrogen-bond acceptors (Lipinski definition) is 5. The van der Waals surface area contributed by atoms with Crippen LogP contribution in [0.4, 0.5) is 0 Å². The summed E-state index contributed by atoms with van der Waals surface area (Å²) < 4.78 is 10.8. The van der Waals surface area contributed by atoms with Crippen molar-refractivity contribution >= 4 is 17.7 Å². The van der Waals surface area contributed by atoms with Crippen molar-refractivity contribution < 1.29 is 13.7 Å². The Labute approximate surface area is 146 Å². The Kier molecular flexibility index (Phi) is 5.33. The zero-order valence-electron chi connectivity index (χ0n) is 14.4. The molecule has 130 valence electrons. The molecule has 0 N–H and O–H groups in total. The maximum Gasteiger partial charge on any atom is 0.233 e. The van der Waals surface area contributed by atoms with E-state index >= 15 is 0 Å². The Bertz CT molecular complexity index is 661. The summed E-state index contributed by atoms with van der Waals surface area (Å²) in [7, 11) is 0. The summed E-state index contributed by atoms with van der Waals surface area (Å²) in [5.41, 5.74) is 2.01. The number of aryl methyl sites for hydroxylation is 2. The van der Waals surface area contributed by atoms with E-state index in [0.29, 0.717) is 11.7 Å². The lowest BCUT2D eigenvalue weighted by atomic mass is 9.91. The van der Waals surface area contributed by atoms with Crippen LogP contribution in [0, 0.1) is 19.8 Å². The molecule has 24 heavy (non-hydrogen) atoms. The average molecular weight is 348 g/mol. The molecule has 3 heterocycles. The third kappa shape index (κ3) is 3.69. The van der Waals surface area contributed by atoms with Crippen LogP contribution in [-0.2, 0) is 10.5 Å². The van der Waals surface area contributed by atoms with Crippen LogP contribution >= 0.6 is 11.8 Å². The fourth-order valence-electron chi connectivity index (χ4n) is 3.22. The van der Waals surface area contributed by atoms with Crippen LogP contribution < -0.4 is 0 Å². The normalized spacial score (nSPS) is 21.2. The highest BCUT2D eigenvalue weighted by molar-refractivity contribution is 7.99. The average Bonchev–Trinajstić information content (AvgIpc) is 3.19. The summed E-state index contributed by atoms with van der Waals surface area (Å²) >= 11 is 1.62. The molecule has 1 fully saturated rings. The number of thioether (sulfide) groups is 1. The molecule has 2 aromatic rings. The first-order valence-electron chi connectivity index (χ1n) is 8.38. The van der Waals surface area contributed by atoms with Crippen molar-refractivity contribution in [2.45, 2.75) is 45.4 Å². The van der Waals surface area contributed by atoms with Crippen LogP contribution in [0.15, 0.2) is 27.3 Å². The van der Waals surface area contributed by atoms with Crippen molar-refractivity contribution in [2.75, 3.05) is 12.3 Å². The Hall–Kier alpha value is -1.69. The quantitative estimate of drug-likeness (QED) is 0.813. The molecular formula is C18H24N2O3S. The van der Waals surface area contributed by atoms with Crippen LogP contribution in [0.3, 0.4) is 0 Å². The molecular weight excluding hydrogens is 324 g/mol. The number of piperidine rings is 1. The molecule has 3 rings (SSSR count). The maximum atomic E-state index is 12.7. The van der Waals surface area contributed by atoms with Gasteiger partial charge in [0.1, 0.15) is 11.5 Å². The molecule has 1 saturated heterocycles. The molecule has 5 nitrogen and oxygen atoms in total. The van der Waals surface area contributed by atoms with Crippen LogP contribution in [0.1, 0.15) is 48.6 Å². The molecule has 2 atom stereocenters. The lowest BCUT2D eigenvalue weighted by Crippen LogP contribution is -2.41. The summed E-state index contributed by atoms with van der Waals surface area (Å²) in [6, 6.07) is 3.93.